The first-order valence-corrected chi connectivity index (χ1v) is 10.2. The summed E-state index contributed by atoms with van der Waals surface area (Å²) < 4.78 is 0. The number of hydrogen-bond acceptors (Lipinski definition) is 4. The minimum absolute atomic E-state index is 0.279. The molecule has 3 aromatic rings. The number of nitrogens with zero attached hydrogens (tertiary/aromatic N) is 2. The zero-order valence-electron chi connectivity index (χ0n) is 16.4. The number of carbonyl (C=O) groups is 3. The molecule has 31 heavy (non-hydrogen) atoms. The number of carbonyl (C=O) groups excluding carboxylic acids is 3. The molecule has 0 radical (unpaired) electrons. The van der Waals surface area contributed by atoms with Crippen LogP contribution in [0.4, 0.5) is 5.69 Å². The molecule has 1 fully saturated rings. The molecule has 0 aromatic heterocycles. The Balaban J connectivity index is 1.62. The van der Waals surface area contributed by atoms with Gasteiger partial charge in [-0.2, -0.15) is 5.26 Å². The molecule has 2 bridgehead atoms. The van der Waals surface area contributed by atoms with E-state index in [1.54, 1.807) is 24.3 Å². The summed E-state index contributed by atoms with van der Waals surface area (Å²) in [6.07, 6.45) is 0.866. The van der Waals surface area contributed by atoms with Crippen LogP contribution in [0.25, 0.3) is 0 Å². The van der Waals surface area contributed by atoms with Crippen molar-refractivity contribution in [2.45, 2.75) is 11.3 Å². The second kappa shape index (κ2) is 5.99. The SMILES string of the molecule is N#Cc1ccc(N2C(=O)[C@H]3C4c5ccccc5C(C=O)(c5ccccc54)[C@H]3C2=O)cc1. The quantitative estimate of drug-likeness (QED) is 0.485. The maximum absolute atomic E-state index is 13.8. The number of nitriles is 1. The second-order valence-corrected chi connectivity index (χ2v) is 8.31. The van der Waals surface area contributed by atoms with Gasteiger partial charge in [-0.1, -0.05) is 48.5 Å². The highest BCUT2D eigenvalue weighted by Gasteiger charge is 2.68. The van der Waals surface area contributed by atoms with Crippen molar-refractivity contribution in [1.29, 1.82) is 5.26 Å². The third-order valence-electron chi connectivity index (χ3n) is 7.12. The van der Waals surface area contributed by atoms with E-state index in [9.17, 15) is 14.4 Å². The lowest BCUT2D eigenvalue weighted by Gasteiger charge is -2.51. The van der Waals surface area contributed by atoms with Gasteiger partial charge >= 0.3 is 0 Å². The molecule has 4 aliphatic rings. The molecule has 148 valence electrons. The van der Waals surface area contributed by atoms with Gasteiger partial charge in [-0.05, 0) is 46.5 Å². The lowest BCUT2D eigenvalue weighted by atomic mass is 9.48. The molecule has 3 aromatic carbocycles. The highest BCUT2D eigenvalue weighted by molar-refractivity contribution is 6.24. The van der Waals surface area contributed by atoms with E-state index in [1.165, 1.54) is 4.90 Å². The average Bonchev–Trinajstić information content (AvgIpc) is 3.10. The van der Waals surface area contributed by atoms with E-state index in [-0.39, 0.29) is 17.7 Å². The predicted molar refractivity (Wildman–Crippen MR) is 112 cm³/mol. The molecule has 5 heteroatoms. The summed E-state index contributed by atoms with van der Waals surface area (Å²) in [6, 6.07) is 23.8. The van der Waals surface area contributed by atoms with E-state index in [2.05, 4.69) is 0 Å². The largest absolute Gasteiger partial charge is 0.302 e. The molecule has 2 atom stereocenters. The minimum atomic E-state index is -1.19. The molecular formula is C26H16N2O3. The van der Waals surface area contributed by atoms with Crippen molar-refractivity contribution in [3.8, 4) is 6.07 Å². The minimum Gasteiger partial charge on any atom is -0.302 e. The molecule has 7 rings (SSSR count). The Bertz CT molecular complexity index is 1290. The smallest absolute Gasteiger partial charge is 0.239 e. The molecule has 5 nitrogen and oxygen atoms in total. The van der Waals surface area contributed by atoms with Crippen molar-refractivity contribution in [2.75, 3.05) is 4.90 Å². The Labute approximate surface area is 178 Å². The van der Waals surface area contributed by atoms with Gasteiger partial charge in [0.2, 0.25) is 11.8 Å². The fraction of sp³-hybridized carbons (Fsp3) is 0.154. The Hall–Kier alpha value is -4.04. The molecule has 3 aliphatic carbocycles. The number of aldehydes is 1. The van der Waals surface area contributed by atoms with Crippen LogP contribution in [0.2, 0.25) is 0 Å². The van der Waals surface area contributed by atoms with E-state index in [4.69, 9.17) is 5.26 Å². The van der Waals surface area contributed by atoms with Gasteiger partial charge < -0.3 is 4.79 Å². The monoisotopic (exact) mass is 404 g/mol. The Morgan fingerprint density at radius 2 is 1.42 bits per heavy atom. The Morgan fingerprint density at radius 3 is 1.97 bits per heavy atom. The number of imide groups is 1. The van der Waals surface area contributed by atoms with Gasteiger partial charge in [0.25, 0.3) is 0 Å². The first-order chi connectivity index (χ1) is 15.1. The summed E-state index contributed by atoms with van der Waals surface area (Å²) in [5.41, 5.74) is 3.20. The van der Waals surface area contributed by atoms with Crippen molar-refractivity contribution in [1.82, 2.24) is 0 Å². The third kappa shape index (κ3) is 1.97. The van der Waals surface area contributed by atoms with Crippen LogP contribution in [0.5, 0.6) is 0 Å². The number of hydrogen-bond donors (Lipinski definition) is 0. The van der Waals surface area contributed by atoms with E-state index in [1.807, 2.05) is 54.6 Å². The zero-order chi connectivity index (χ0) is 21.3. The van der Waals surface area contributed by atoms with Gasteiger partial charge in [0.1, 0.15) is 6.29 Å². The molecule has 0 saturated carbocycles. The van der Waals surface area contributed by atoms with Crippen molar-refractivity contribution in [3.05, 3.63) is 101 Å². The van der Waals surface area contributed by atoms with Crippen molar-refractivity contribution >= 4 is 23.8 Å². The van der Waals surface area contributed by atoms with E-state index < -0.39 is 17.3 Å². The zero-order valence-corrected chi connectivity index (χ0v) is 16.4. The van der Waals surface area contributed by atoms with E-state index in [0.29, 0.717) is 11.3 Å². The van der Waals surface area contributed by atoms with Gasteiger partial charge in [-0.25, -0.2) is 4.90 Å². The van der Waals surface area contributed by atoms with Crippen molar-refractivity contribution < 1.29 is 14.4 Å². The molecule has 0 unspecified atom stereocenters. The van der Waals surface area contributed by atoms with Crippen LogP contribution in [-0.4, -0.2) is 18.1 Å². The summed E-state index contributed by atoms with van der Waals surface area (Å²) in [4.78, 5) is 41.5. The Kier molecular flexibility index (Phi) is 3.44. The lowest BCUT2D eigenvalue weighted by molar-refractivity contribution is -0.128. The summed E-state index contributed by atoms with van der Waals surface area (Å²) in [6.45, 7) is 0. The highest BCUT2D eigenvalue weighted by Crippen LogP contribution is 2.63. The summed E-state index contributed by atoms with van der Waals surface area (Å²) in [5, 5.41) is 9.07. The molecule has 0 N–H and O–H groups in total. The van der Waals surface area contributed by atoms with E-state index in [0.717, 1.165) is 28.5 Å². The van der Waals surface area contributed by atoms with Crippen molar-refractivity contribution in [2.24, 2.45) is 11.8 Å². The Morgan fingerprint density at radius 1 is 0.839 bits per heavy atom. The number of anilines is 1. The van der Waals surface area contributed by atoms with Gasteiger partial charge in [0.05, 0.1) is 34.6 Å². The molecule has 1 aliphatic heterocycles. The van der Waals surface area contributed by atoms with Gasteiger partial charge in [0.15, 0.2) is 0 Å². The summed E-state index contributed by atoms with van der Waals surface area (Å²) in [5.74, 6) is -2.36. The highest BCUT2D eigenvalue weighted by atomic mass is 16.2. The second-order valence-electron chi connectivity index (χ2n) is 8.31. The maximum atomic E-state index is 13.8. The normalized spacial score (nSPS) is 27.3. The van der Waals surface area contributed by atoms with Crippen LogP contribution in [0.15, 0.2) is 72.8 Å². The molecular weight excluding hydrogens is 388 g/mol. The van der Waals surface area contributed by atoms with Crippen LogP contribution in [0, 0.1) is 23.2 Å². The van der Waals surface area contributed by atoms with Crippen LogP contribution >= 0.6 is 0 Å². The standard InChI is InChI=1S/C26H16N2O3/c27-13-15-9-11-16(12-10-15)28-24(30)22-21-17-5-1-3-7-19(17)26(14-29,23(22)25(28)31)20-8-4-2-6-18(20)21/h1-12,14,21-23H/t21?,22-,23+,26?/m0/s1. The number of amides is 2. The van der Waals surface area contributed by atoms with Crippen LogP contribution in [0.3, 0.4) is 0 Å². The van der Waals surface area contributed by atoms with Crippen molar-refractivity contribution in [3.63, 3.8) is 0 Å². The van der Waals surface area contributed by atoms with E-state index >= 15 is 0 Å². The van der Waals surface area contributed by atoms with Crippen LogP contribution in [-0.2, 0) is 19.8 Å². The molecule has 0 spiro atoms. The van der Waals surface area contributed by atoms with Crippen LogP contribution < -0.4 is 4.90 Å². The molecule has 2 amide bonds. The first-order valence-electron chi connectivity index (χ1n) is 10.2. The maximum Gasteiger partial charge on any atom is 0.239 e. The predicted octanol–water partition coefficient (Wildman–Crippen LogP) is 3.31. The average molecular weight is 404 g/mol. The first kappa shape index (κ1) is 17.8. The van der Waals surface area contributed by atoms with Crippen LogP contribution in [0.1, 0.15) is 33.7 Å². The molecule has 1 saturated heterocycles. The van der Waals surface area contributed by atoms with Gasteiger partial charge in [-0.3, -0.25) is 9.59 Å². The lowest BCUT2D eigenvalue weighted by Crippen LogP contribution is -2.54. The topological polar surface area (TPSA) is 78.2 Å². The molecule has 1 heterocycles. The van der Waals surface area contributed by atoms with Gasteiger partial charge in [0, 0.05) is 5.92 Å². The summed E-state index contributed by atoms with van der Waals surface area (Å²) in [7, 11) is 0. The summed E-state index contributed by atoms with van der Waals surface area (Å²) >= 11 is 0. The van der Waals surface area contributed by atoms with Gasteiger partial charge in [-0.15, -0.1) is 0 Å². The number of benzene rings is 3. The number of rotatable bonds is 2. The fourth-order valence-electron chi connectivity index (χ4n) is 5.97. The fourth-order valence-corrected chi connectivity index (χ4v) is 5.97. The third-order valence-corrected chi connectivity index (χ3v) is 7.12.